The summed E-state index contributed by atoms with van der Waals surface area (Å²) >= 11 is 6.70. The fraction of sp³-hybridized carbons (Fsp3) is 0.250. The van der Waals surface area contributed by atoms with E-state index < -0.39 is 6.04 Å². The average Bonchev–Trinajstić information content (AvgIpc) is 3.07. The van der Waals surface area contributed by atoms with E-state index in [1.165, 1.54) is 30.1 Å². The SMILES string of the molecule is COC(=O)C1Cc2ccccc2CN1Cn1nc(Nc2ccccc2F)sc1=S. The fourth-order valence-corrected chi connectivity index (χ4v) is 4.40. The van der Waals surface area contributed by atoms with E-state index in [2.05, 4.69) is 16.5 Å². The van der Waals surface area contributed by atoms with Gasteiger partial charge in [0.25, 0.3) is 0 Å². The minimum Gasteiger partial charge on any atom is -0.468 e. The van der Waals surface area contributed by atoms with Crippen molar-refractivity contribution in [2.75, 3.05) is 12.4 Å². The summed E-state index contributed by atoms with van der Waals surface area (Å²) in [4.78, 5) is 14.4. The topological polar surface area (TPSA) is 59.4 Å². The van der Waals surface area contributed by atoms with E-state index >= 15 is 0 Å². The molecule has 1 aliphatic rings. The lowest BCUT2D eigenvalue weighted by Crippen LogP contribution is -2.46. The third-order valence-corrected chi connectivity index (χ3v) is 6.08. The molecule has 2 heterocycles. The van der Waals surface area contributed by atoms with Crippen LogP contribution in [0.15, 0.2) is 48.5 Å². The molecule has 1 atom stereocenters. The zero-order valence-electron chi connectivity index (χ0n) is 15.7. The van der Waals surface area contributed by atoms with Crippen LogP contribution in [-0.4, -0.2) is 33.8 Å². The van der Waals surface area contributed by atoms with Gasteiger partial charge in [-0.25, -0.2) is 9.07 Å². The van der Waals surface area contributed by atoms with Gasteiger partial charge in [-0.2, -0.15) is 0 Å². The molecule has 0 saturated heterocycles. The largest absolute Gasteiger partial charge is 0.468 e. The molecule has 2 aromatic carbocycles. The van der Waals surface area contributed by atoms with Gasteiger partial charge >= 0.3 is 5.97 Å². The predicted molar refractivity (Wildman–Crippen MR) is 112 cm³/mol. The normalized spacial score (nSPS) is 16.3. The summed E-state index contributed by atoms with van der Waals surface area (Å²) < 4.78 is 21.1. The van der Waals surface area contributed by atoms with E-state index in [1.807, 2.05) is 23.1 Å². The quantitative estimate of drug-likeness (QED) is 0.486. The maximum Gasteiger partial charge on any atom is 0.323 e. The van der Waals surface area contributed by atoms with Gasteiger partial charge in [0.05, 0.1) is 19.5 Å². The first-order valence-corrected chi connectivity index (χ1v) is 10.3. The van der Waals surface area contributed by atoms with Crippen LogP contribution >= 0.6 is 23.6 Å². The molecule has 3 aromatic rings. The van der Waals surface area contributed by atoms with Crippen molar-refractivity contribution in [1.82, 2.24) is 14.7 Å². The van der Waals surface area contributed by atoms with Crippen LogP contribution in [0.1, 0.15) is 11.1 Å². The molecule has 0 saturated carbocycles. The van der Waals surface area contributed by atoms with Crippen molar-refractivity contribution in [2.24, 2.45) is 0 Å². The summed E-state index contributed by atoms with van der Waals surface area (Å²) in [6, 6.07) is 14.0. The third-order valence-electron chi connectivity index (χ3n) is 4.86. The summed E-state index contributed by atoms with van der Waals surface area (Å²) in [5.74, 6) is -0.649. The van der Waals surface area contributed by atoms with E-state index in [0.29, 0.717) is 34.4 Å². The highest BCUT2D eigenvalue weighted by molar-refractivity contribution is 7.73. The number of rotatable bonds is 5. The zero-order valence-corrected chi connectivity index (χ0v) is 17.3. The van der Waals surface area contributed by atoms with Crippen LogP contribution in [0.25, 0.3) is 0 Å². The molecule has 0 spiro atoms. The molecule has 1 aliphatic heterocycles. The monoisotopic (exact) mass is 430 g/mol. The molecule has 0 fully saturated rings. The number of para-hydroxylation sites is 1. The van der Waals surface area contributed by atoms with Crippen LogP contribution in [0.3, 0.4) is 0 Å². The minimum atomic E-state index is -0.415. The lowest BCUT2D eigenvalue weighted by atomic mass is 9.94. The lowest BCUT2D eigenvalue weighted by molar-refractivity contribution is -0.148. The van der Waals surface area contributed by atoms with Crippen molar-refractivity contribution in [3.05, 3.63) is 69.4 Å². The van der Waals surface area contributed by atoms with Gasteiger partial charge < -0.3 is 10.1 Å². The molecule has 150 valence electrons. The molecule has 4 rings (SSSR count). The average molecular weight is 431 g/mol. The minimum absolute atomic E-state index is 0.286. The van der Waals surface area contributed by atoms with Crippen molar-refractivity contribution < 1.29 is 13.9 Å². The Morgan fingerprint density at radius 2 is 2.00 bits per heavy atom. The van der Waals surface area contributed by atoms with Gasteiger partial charge in [-0.3, -0.25) is 9.69 Å². The number of hydrogen-bond acceptors (Lipinski definition) is 7. The Morgan fingerprint density at radius 3 is 2.76 bits per heavy atom. The number of hydrogen-bond donors (Lipinski definition) is 1. The molecular formula is C20H19FN4O2S2. The second-order valence-electron chi connectivity index (χ2n) is 6.68. The Hall–Kier alpha value is -2.62. The Morgan fingerprint density at radius 1 is 1.28 bits per heavy atom. The number of anilines is 2. The van der Waals surface area contributed by atoms with Gasteiger partial charge in [0.15, 0.2) is 3.95 Å². The second kappa shape index (κ2) is 8.40. The first-order valence-electron chi connectivity index (χ1n) is 9.03. The van der Waals surface area contributed by atoms with Crippen molar-refractivity contribution in [3.63, 3.8) is 0 Å². The van der Waals surface area contributed by atoms with Gasteiger partial charge in [-0.1, -0.05) is 47.7 Å². The van der Waals surface area contributed by atoms with E-state index in [-0.39, 0.29) is 11.8 Å². The number of fused-ring (bicyclic) bond motifs is 1. The fourth-order valence-electron chi connectivity index (χ4n) is 3.39. The number of methoxy groups -OCH3 is 1. The number of aromatic nitrogens is 2. The Bertz CT molecular complexity index is 1100. The third kappa shape index (κ3) is 4.21. The number of ether oxygens (including phenoxy) is 1. The van der Waals surface area contributed by atoms with Crippen LogP contribution in [0.2, 0.25) is 0 Å². The van der Waals surface area contributed by atoms with Crippen LogP contribution in [0.5, 0.6) is 0 Å². The first kappa shape index (κ1) is 19.7. The van der Waals surface area contributed by atoms with E-state index in [1.54, 1.807) is 22.9 Å². The molecule has 9 heteroatoms. The molecule has 1 unspecified atom stereocenters. The summed E-state index contributed by atoms with van der Waals surface area (Å²) in [5, 5.41) is 7.93. The Balaban J connectivity index is 1.57. The van der Waals surface area contributed by atoms with Crippen LogP contribution in [-0.2, 0) is 29.2 Å². The number of esters is 1. The van der Waals surface area contributed by atoms with Crippen LogP contribution < -0.4 is 5.32 Å². The van der Waals surface area contributed by atoms with Gasteiger partial charge in [-0.05, 0) is 41.9 Å². The van der Waals surface area contributed by atoms with Gasteiger partial charge in [0.1, 0.15) is 11.9 Å². The summed E-state index contributed by atoms with van der Waals surface area (Å²) in [5.41, 5.74) is 2.64. The highest BCUT2D eigenvalue weighted by atomic mass is 32.1. The van der Waals surface area contributed by atoms with Gasteiger partial charge in [-0.15, -0.1) is 5.10 Å². The van der Waals surface area contributed by atoms with E-state index in [9.17, 15) is 9.18 Å². The maximum atomic E-state index is 13.9. The second-order valence-corrected chi connectivity index (χ2v) is 8.30. The highest BCUT2D eigenvalue weighted by Crippen LogP contribution is 2.26. The zero-order chi connectivity index (χ0) is 20.4. The van der Waals surface area contributed by atoms with Crippen LogP contribution in [0, 0.1) is 9.77 Å². The van der Waals surface area contributed by atoms with Crippen molar-refractivity contribution in [1.29, 1.82) is 0 Å². The predicted octanol–water partition coefficient (Wildman–Crippen LogP) is 4.11. The van der Waals surface area contributed by atoms with Crippen molar-refractivity contribution >= 4 is 40.3 Å². The molecule has 0 bridgehead atoms. The number of nitrogens with one attached hydrogen (secondary N) is 1. The molecule has 29 heavy (non-hydrogen) atoms. The number of halogens is 1. The number of nitrogens with zero attached hydrogens (tertiary/aromatic N) is 3. The molecule has 0 radical (unpaired) electrons. The van der Waals surface area contributed by atoms with Gasteiger partial charge in [0, 0.05) is 6.54 Å². The number of benzene rings is 2. The first-order chi connectivity index (χ1) is 14.0. The number of carbonyl (C=O) groups is 1. The molecule has 1 N–H and O–H groups in total. The van der Waals surface area contributed by atoms with E-state index in [0.717, 1.165) is 5.56 Å². The molecule has 0 amide bonds. The van der Waals surface area contributed by atoms with Crippen molar-refractivity contribution in [2.45, 2.75) is 25.7 Å². The van der Waals surface area contributed by atoms with E-state index in [4.69, 9.17) is 17.0 Å². The maximum absolute atomic E-state index is 13.9. The van der Waals surface area contributed by atoms with Crippen LogP contribution in [0.4, 0.5) is 15.2 Å². The molecule has 1 aromatic heterocycles. The van der Waals surface area contributed by atoms with Crippen molar-refractivity contribution in [3.8, 4) is 0 Å². The lowest BCUT2D eigenvalue weighted by Gasteiger charge is -2.34. The Labute approximate surface area is 176 Å². The standard InChI is InChI=1S/C20H19FN4O2S2/c1-27-18(26)17-10-13-6-2-3-7-14(13)11-24(17)12-25-20(28)29-19(23-25)22-16-9-5-4-8-15(16)21/h2-9,17H,10-12H2,1H3,(H,22,23). The summed E-state index contributed by atoms with van der Waals surface area (Å²) in [6.07, 6.45) is 0.570. The van der Waals surface area contributed by atoms with Gasteiger partial charge in [0.2, 0.25) is 5.13 Å². The molecule has 0 aliphatic carbocycles. The summed E-state index contributed by atoms with van der Waals surface area (Å²) in [6.45, 7) is 0.924. The smallest absolute Gasteiger partial charge is 0.323 e. The summed E-state index contributed by atoms with van der Waals surface area (Å²) in [7, 11) is 1.39. The molecular weight excluding hydrogens is 411 g/mol. The highest BCUT2D eigenvalue weighted by Gasteiger charge is 2.32. The number of carbonyl (C=O) groups excluding carboxylic acids is 1. The molecule has 6 nitrogen and oxygen atoms in total. The Kier molecular flexibility index (Phi) is 5.70.